The minimum Gasteiger partial charge on any atom is -0.504 e. The first kappa shape index (κ1) is 23.2. The number of nitrogens with zero attached hydrogens (tertiary/aromatic N) is 4. The highest BCUT2D eigenvalue weighted by molar-refractivity contribution is 9.09. The summed E-state index contributed by atoms with van der Waals surface area (Å²) in [4.78, 5) is 50.4. The van der Waals surface area contributed by atoms with Gasteiger partial charge < -0.3 is 14.7 Å². The van der Waals surface area contributed by atoms with E-state index in [0.717, 1.165) is 0 Å². The van der Waals surface area contributed by atoms with E-state index in [4.69, 9.17) is 4.74 Å². The van der Waals surface area contributed by atoms with Crippen LogP contribution in [-0.2, 0) is 4.79 Å². The van der Waals surface area contributed by atoms with Crippen LogP contribution in [0.1, 0.15) is 46.4 Å². The van der Waals surface area contributed by atoms with Gasteiger partial charge in [-0.15, -0.1) is 0 Å². The number of ether oxygens (including phenoxy) is 1. The van der Waals surface area contributed by atoms with Crippen molar-refractivity contribution in [2.24, 2.45) is 0 Å². The van der Waals surface area contributed by atoms with Gasteiger partial charge in [-0.1, -0.05) is 28.1 Å². The van der Waals surface area contributed by atoms with Gasteiger partial charge in [-0.25, -0.2) is 4.98 Å². The Balaban J connectivity index is 1.40. The Morgan fingerprint density at radius 3 is 2.37 bits per heavy atom. The van der Waals surface area contributed by atoms with Crippen LogP contribution in [0.15, 0.2) is 42.6 Å². The molecule has 5 rings (SSSR count). The van der Waals surface area contributed by atoms with Crippen molar-refractivity contribution < 1.29 is 24.2 Å². The maximum Gasteiger partial charge on any atom is 0.261 e. The zero-order chi connectivity index (χ0) is 24.7. The van der Waals surface area contributed by atoms with E-state index in [-0.39, 0.29) is 52.1 Å². The third kappa shape index (κ3) is 3.91. The Labute approximate surface area is 209 Å². The van der Waals surface area contributed by atoms with Gasteiger partial charge in [0.1, 0.15) is 11.2 Å². The third-order valence-electron chi connectivity index (χ3n) is 6.71. The molecule has 1 N–H and O–H groups in total. The fraction of sp³-hybridized carbons (Fsp3) is 0.320. The van der Waals surface area contributed by atoms with Crippen molar-refractivity contribution in [3.05, 3.63) is 53.7 Å². The molecule has 0 saturated heterocycles. The summed E-state index contributed by atoms with van der Waals surface area (Å²) in [6.07, 6.45) is 3.69. The number of methoxy groups -OCH3 is 1. The molecule has 1 aliphatic carbocycles. The van der Waals surface area contributed by atoms with Crippen molar-refractivity contribution in [1.29, 1.82) is 0 Å². The second kappa shape index (κ2) is 9.26. The molecule has 1 aromatic carbocycles. The molecule has 2 aromatic heterocycles. The zero-order valence-corrected chi connectivity index (χ0v) is 20.6. The molecule has 3 aromatic rings. The number of hydrogen-bond donors (Lipinski definition) is 1. The van der Waals surface area contributed by atoms with Crippen molar-refractivity contribution >= 4 is 50.4 Å². The van der Waals surface area contributed by atoms with Crippen LogP contribution in [0.4, 0.5) is 5.69 Å². The first-order valence-corrected chi connectivity index (χ1v) is 12.4. The number of alkyl halides is 1. The number of pyridine rings is 2. The number of carbonyl (C=O) groups excluding carboxylic acids is 3. The summed E-state index contributed by atoms with van der Waals surface area (Å²) in [5.41, 5.74) is 1.87. The number of carbonyl (C=O) groups is 3. The van der Waals surface area contributed by atoms with Crippen LogP contribution in [-0.4, -0.2) is 62.2 Å². The van der Waals surface area contributed by atoms with Gasteiger partial charge >= 0.3 is 0 Å². The van der Waals surface area contributed by atoms with E-state index in [2.05, 4.69) is 25.9 Å². The van der Waals surface area contributed by atoms with Crippen LogP contribution >= 0.6 is 15.9 Å². The summed E-state index contributed by atoms with van der Waals surface area (Å²) in [5, 5.41) is 11.1. The molecular formula is C25H23BrN4O5. The molecule has 3 amide bonds. The Morgan fingerprint density at radius 1 is 1.11 bits per heavy atom. The van der Waals surface area contributed by atoms with Gasteiger partial charge in [0.25, 0.3) is 11.8 Å². The molecule has 1 fully saturated rings. The van der Waals surface area contributed by atoms with Gasteiger partial charge in [-0.05, 0) is 43.9 Å². The van der Waals surface area contributed by atoms with Crippen LogP contribution in [0.2, 0.25) is 0 Å². The van der Waals surface area contributed by atoms with E-state index in [1.807, 2.05) is 0 Å². The van der Waals surface area contributed by atoms with Crippen molar-refractivity contribution in [3.63, 3.8) is 0 Å². The third-order valence-corrected chi connectivity index (χ3v) is 7.19. The summed E-state index contributed by atoms with van der Waals surface area (Å²) in [7, 11) is 1.48. The SMILES string of the molecule is COc1ccc2ncc(N(C(=O)CBr)[C@H]3CC[C@H](N4C(=O)c5ccccc5C4=O)CC3)c(O)c2n1. The molecule has 35 heavy (non-hydrogen) atoms. The summed E-state index contributed by atoms with van der Waals surface area (Å²) in [6, 6.07) is 9.72. The number of benzene rings is 1. The number of rotatable bonds is 5. The molecular weight excluding hydrogens is 516 g/mol. The van der Waals surface area contributed by atoms with Crippen LogP contribution in [0.3, 0.4) is 0 Å². The smallest absolute Gasteiger partial charge is 0.261 e. The first-order valence-electron chi connectivity index (χ1n) is 11.3. The molecule has 3 heterocycles. The summed E-state index contributed by atoms with van der Waals surface area (Å²) in [5.74, 6) is -0.580. The normalized spacial score (nSPS) is 19.7. The number of fused-ring (bicyclic) bond motifs is 2. The summed E-state index contributed by atoms with van der Waals surface area (Å²) < 4.78 is 5.17. The number of amides is 3. The molecule has 180 valence electrons. The number of imide groups is 1. The number of halogens is 1. The lowest BCUT2D eigenvalue weighted by Gasteiger charge is -2.39. The average Bonchev–Trinajstić information content (AvgIpc) is 3.15. The van der Waals surface area contributed by atoms with Gasteiger partial charge in [0, 0.05) is 18.2 Å². The summed E-state index contributed by atoms with van der Waals surface area (Å²) >= 11 is 3.25. The number of hydrogen-bond acceptors (Lipinski definition) is 7. The molecule has 0 radical (unpaired) electrons. The highest BCUT2D eigenvalue weighted by atomic mass is 79.9. The molecule has 9 nitrogen and oxygen atoms in total. The maximum atomic E-state index is 13.0. The molecule has 2 aliphatic rings. The van der Waals surface area contributed by atoms with Crippen molar-refractivity contribution in [2.45, 2.75) is 37.8 Å². The zero-order valence-electron chi connectivity index (χ0n) is 19.0. The fourth-order valence-electron chi connectivity index (χ4n) is 5.03. The average molecular weight is 539 g/mol. The van der Waals surface area contributed by atoms with E-state index in [1.54, 1.807) is 41.3 Å². The van der Waals surface area contributed by atoms with E-state index < -0.39 is 0 Å². The lowest BCUT2D eigenvalue weighted by atomic mass is 9.88. The molecule has 0 bridgehead atoms. The summed E-state index contributed by atoms with van der Waals surface area (Å²) in [6.45, 7) is 0. The molecule has 0 spiro atoms. The van der Waals surface area contributed by atoms with Crippen LogP contribution in [0.25, 0.3) is 11.0 Å². The second-order valence-corrected chi connectivity index (χ2v) is 9.16. The lowest BCUT2D eigenvalue weighted by Crippen LogP contribution is -2.48. The van der Waals surface area contributed by atoms with Crippen molar-refractivity contribution in [3.8, 4) is 11.6 Å². The number of aromatic nitrogens is 2. The Bertz CT molecular complexity index is 1300. The van der Waals surface area contributed by atoms with Gasteiger partial charge in [-0.2, -0.15) is 0 Å². The second-order valence-electron chi connectivity index (χ2n) is 8.60. The monoisotopic (exact) mass is 538 g/mol. The Morgan fingerprint density at radius 2 is 1.77 bits per heavy atom. The van der Waals surface area contributed by atoms with E-state index in [1.165, 1.54) is 18.2 Å². The quantitative estimate of drug-likeness (QED) is 0.389. The minimum atomic E-state index is -0.265. The predicted octanol–water partition coefficient (Wildman–Crippen LogP) is 3.68. The maximum absolute atomic E-state index is 13.0. The lowest BCUT2D eigenvalue weighted by molar-refractivity contribution is -0.116. The van der Waals surface area contributed by atoms with Gasteiger partial charge in [-0.3, -0.25) is 24.3 Å². The Kier molecular flexibility index (Phi) is 6.14. The molecule has 0 atom stereocenters. The highest BCUT2D eigenvalue weighted by Crippen LogP contribution is 2.39. The van der Waals surface area contributed by atoms with Crippen LogP contribution in [0, 0.1) is 0 Å². The van der Waals surface area contributed by atoms with Gasteiger partial charge in [0.05, 0.1) is 35.3 Å². The Hall–Kier alpha value is -3.53. The molecule has 1 aliphatic heterocycles. The standard InChI is InChI=1S/C25H23BrN4O5/c1-35-20-11-10-18-22(28-20)23(32)19(13-27-18)29(21(31)12-26)14-6-8-15(9-7-14)30-24(33)16-4-2-3-5-17(16)25(30)34/h2-5,10-11,13-15H,6-9,12H2,1H3,(H,27,32)/t14-,15-. The fourth-order valence-corrected chi connectivity index (χ4v) is 5.30. The van der Waals surface area contributed by atoms with E-state index >= 15 is 0 Å². The number of aromatic hydroxyl groups is 1. The van der Waals surface area contributed by atoms with Gasteiger partial charge in [0.2, 0.25) is 11.8 Å². The molecule has 10 heteroatoms. The van der Waals surface area contributed by atoms with Crippen LogP contribution in [0.5, 0.6) is 11.6 Å². The topological polar surface area (TPSA) is 113 Å². The van der Waals surface area contributed by atoms with Crippen molar-refractivity contribution in [1.82, 2.24) is 14.9 Å². The molecule has 1 saturated carbocycles. The van der Waals surface area contributed by atoms with Crippen molar-refractivity contribution in [2.75, 3.05) is 17.3 Å². The number of anilines is 1. The first-order chi connectivity index (χ1) is 16.9. The minimum absolute atomic E-state index is 0.0638. The van der Waals surface area contributed by atoms with Gasteiger partial charge in [0.15, 0.2) is 5.75 Å². The van der Waals surface area contributed by atoms with Crippen LogP contribution < -0.4 is 9.64 Å². The predicted molar refractivity (Wildman–Crippen MR) is 132 cm³/mol. The van der Waals surface area contributed by atoms with E-state index in [0.29, 0.717) is 48.2 Å². The largest absolute Gasteiger partial charge is 0.504 e. The highest BCUT2D eigenvalue weighted by Gasteiger charge is 2.42. The molecule has 0 unspecified atom stereocenters. The van der Waals surface area contributed by atoms with E-state index in [9.17, 15) is 19.5 Å².